The average Bonchev–Trinajstić information content (AvgIpc) is 2.78. The Labute approximate surface area is 201 Å². The average molecular weight is 468 g/mol. The molecule has 1 fully saturated rings. The summed E-state index contributed by atoms with van der Waals surface area (Å²) in [5.41, 5.74) is 7.10. The van der Waals surface area contributed by atoms with Gasteiger partial charge in [0.2, 0.25) is 0 Å². The van der Waals surface area contributed by atoms with Gasteiger partial charge in [-0.3, -0.25) is 9.98 Å². The summed E-state index contributed by atoms with van der Waals surface area (Å²) in [6.45, 7) is 8.79. The second-order valence-electron chi connectivity index (χ2n) is 10.4. The molecule has 0 amide bonds. The molecular weight excluding hydrogens is 430 g/mol. The highest BCUT2D eigenvalue weighted by atomic mass is 16.5. The summed E-state index contributed by atoms with van der Waals surface area (Å²) in [5.74, 6) is 2.29. The number of nitrogens with two attached hydrogens (primary N) is 1. The van der Waals surface area contributed by atoms with Crippen LogP contribution in [0.1, 0.15) is 58.4 Å². The molecule has 184 valence electrons. The molecule has 1 aliphatic carbocycles. The summed E-state index contributed by atoms with van der Waals surface area (Å²) >= 11 is 0. The summed E-state index contributed by atoms with van der Waals surface area (Å²) in [4.78, 5) is 17.0. The lowest BCUT2D eigenvalue weighted by molar-refractivity contribution is 0.264. The number of anilines is 2. The Morgan fingerprint density at radius 1 is 1.24 bits per heavy atom. The third-order valence-corrected chi connectivity index (χ3v) is 6.68. The van der Waals surface area contributed by atoms with Crippen molar-refractivity contribution in [1.29, 1.82) is 5.41 Å². The fourth-order valence-corrected chi connectivity index (χ4v) is 4.64. The van der Waals surface area contributed by atoms with Gasteiger partial charge in [-0.2, -0.15) is 4.98 Å². The van der Waals surface area contributed by atoms with E-state index in [1.165, 1.54) is 5.56 Å². The van der Waals surface area contributed by atoms with Gasteiger partial charge >= 0.3 is 5.69 Å². The van der Waals surface area contributed by atoms with Crippen molar-refractivity contribution in [2.75, 3.05) is 18.4 Å². The lowest BCUT2D eigenvalue weighted by atomic mass is 9.86. The van der Waals surface area contributed by atoms with Gasteiger partial charge in [-0.15, -0.1) is 0 Å². The first-order valence-corrected chi connectivity index (χ1v) is 12.2. The molecule has 34 heavy (non-hydrogen) atoms. The number of ether oxygens (including phenoxy) is 1. The third-order valence-electron chi connectivity index (χ3n) is 6.68. The Hall–Kier alpha value is -3.07. The number of fused-ring (bicyclic) bond motifs is 2. The van der Waals surface area contributed by atoms with Crippen molar-refractivity contribution in [2.24, 2.45) is 11.7 Å². The van der Waals surface area contributed by atoms with Crippen molar-refractivity contribution in [3.63, 3.8) is 0 Å². The lowest BCUT2D eigenvalue weighted by Gasteiger charge is -2.30. The van der Waals surface area contributed by atoms with Gasteiger partial charge in [-0.25, -0.2) is 4.79 Å². The van der Waals surface area contributed by atoms with Crippen LogP contribution in [-0.2, 0) is 12.0 Å². The number of nitrogens with zero attached hydrogens (tertiary/aromatic N) is 2. The van der Waals surface area contributed by atoms with Crippen LogP contribution >= 0.6 is 0 Å². The minimum Gasteiger partial charge on any atom is -0.450 e. The first-order valence-electron chi connectivity index (χ1n) is 12.2. The summed E-state index contributed by atoms with van der Waals surface area (Å²) < 4.78 is 7.80. The van der Waals surface area contributed by atoms with E-state index in [1.54, 1.807) is 10.8 Å². The van der Waals surface area contributed by atoms with Crippen LogP contribution in [0.2, 0.25) is 0 Å². The van der Waals surface area contributed by atoms with Crippen molar-refractivity contribution >= 4 is 17.5 Å². The highest BCUT2D eigenvalue weighted by Crippen LogP contribution is 2.42. The normalized spacial score (nSPS) is 19.4. The molecule has 0 spiro atoms. The van der Waals surface area contributed by atoms with Crippen LogP contribution < -0.4 is 32.1 Å². The lowest BCUT2D eigenvalue weighted by Crippen LogP contribution is -2.37. The van der Waals surface area contributed by atoms with E-state index in [2.05, 4.69) is 53.8 Å². The maximum Gasteiger partial charge on any atom is 0.349 e. The molecule has 0 atom stereocenters. The highest BCUT2D eigenvalue weighted by Gasteiger charge is 2.25. The van der Waals surface area contributed by atoms with Crippen LogP contribution in [0, 0.1) is 11.3 Å². The smallest absolute Gasteiger partial charge is 0.349 e. The molecule has 9 heteroatoms. The number of benzene rings is 1. The Balaban J connectivity index is 1.32. The Kier molecular flexibility index (Phi) is 7.11. The molecule has 0 radical (unpaired) electrons. The molecule has 2 aromatic rings. The van der Waals surface area contributed by atoms with Gasteiger partial charge in [0.25, 0.3) is 0 Å². The molecule has 4 rings (SSSR count). The molecular formula is C25H37N7O2. The molecule has 0 unspecified atom stereocenters. The number of aromatic nitrogens is 2. The summed E-state index contributed by atoms with van der Waals surface area (Å²) in [6, 6.07) is 6.64. The maximum absolute atomic E-state index is 12.7. The zero-order valence-electron chi connectivity index (χ0n) is 20.4. The first kappa shape index (κ1) is 24.1. The molecule has 2 aliphatic rings. The molecule has 1 saturated carbocycles. The van der Waals surface area contributed by atoms with E-state index in [-0.39, 0.29) is 17.1 Å². The standard InChI is InChI=1S/C25H37N7O2/c1-25(2,3)17-7-10-20-19(13-17)30-22-21(34-20)15-32(24(33)31-22)14-16-5-8-18(9-6-16)28-11-4-12-29-23(26)27/h7,10,13,15-16,18,28H,4-6,8-9,11-12,14H2,1-3H3,(H4,26,27,29)(H,30,31,33). The van der Waals surface area contributed by atoms with Crippen molar-refractivity contribution < 1.29 is 4.74 Å². The van der Waals surface area contributed by atoms with Crippen LogP contribution in [0.25, 0.3) is 0 Å². The number of guanidine groups is 1. The second kappa shape index (κ2) is 10.0. The molecule has 1 aliphatic heterocycles. The molecule has 1 aromatic heterocycles. The van der Waals surface area contributed by atoms with E-state index >= 15 is 0 Å². The molecule has 0 bridgehead atoms. The number of nitrogens with one attached hydrogen (secondary N) is 4. The highest BCUT2D eigenvalue weighted by molar-refractivity contribution is 5.74. The number of hydrogen-bond donors (Lipinski definition) is 5. The van der Waals surface area contributed by atoms with Gasteiger partial charge in [0.1, 0.15) is 0 Å². The van der Waals surface area contributed by atoms with Crippen molar-refractivity contribution in [3.05, 3.63) is 40.4 Å². The number of rotatable bonds is 7. The predicted octanol–water partition coefficient (Wildman–Crippen LogP) is 3.41. The van der Waals surface area contributed by atoms with Crippen molar-refractivity contribution in [3.8, 4) is 11.5 Å². The maximum atomic E-state index is 12.7. The van der Waals surface area contributed by atoms with E-state index < -0.39 is 0 Å². The largest absolute Gasteiger partial charge is 0.450 e. The van der Waals surface area contributed by atoms with Gasteiger partial charge in [-0.05, 0) is 67.7 Å². The van der Waals surface area contributed by atoms with Crippen LogP contribution in [0.3, 0.4) is 0 Å². The first-order chi connectivity index (χ1) is 16.2. The fraction of sp³-hybridized carbons (Fsp3) is 0.560. The van der Waals surface area contributed by atoms with E-state index in [9.17, 15) is 4.79 Å². The van der Waals surface area contributed by atoms with Gasteiger partial charge in [0.05, 0.1) is 11.9 Å². The summed E-state index contributed by atoms with van der Waals surface area (Å²) in [5, 5.41) is 16.9. The van der Waals surface area contributed by atoms with E-state index in [0.717, 1.165) is 50.1 Å². The van der Waals surface area contributed by atoms with Crippen LogP contribution in [0.4, 0.5) is 11.5 Å². The topological polar surface area (TPSA) is 130 Å². The van der Waals surface area contributed by atoms with Gasteiger partial charge in [-0.1, -0.05) is 26.8 Å². The SMILES string of the molecule is CC(C)(C)c1ccc2c(c1)Nc1nc(=O)n(CC3CCC(NCCCNC(=N)N)CC3)cc1O2. The van der Waals surface area contributed by atoms with E-state index in [1.807, 2.05) is 6.07 Å². The van der Waals surface area contributed by atoms with Gasteiger partial charge in [0.15, 0.2) is 23.3 Å². The summed E-state index contributed by atoms with van der Waals surface area (Å²) in [7, 11) is 0. The zero-order valence-corrected chi connectivity index (χ0v) is 20.4. The molecule has 0 saturated heterocycles. The predicted molar refractivity (Wildman–Crippen MR) is 135 cm³/mol. The fourth-order valence-electron chi connectivity index (χ4n) is 4.64. The Morgan fingerprint density at radius 3 is 2.71 bits per heavy atom. The third kappa shape index (κ3) is 5.88. The monoisotopic (exact) mass is 467 g/mol. The van der Waals surface area contributed by atoms with Crippen LogP contribution in [0.15, 0.2) is 29.2 Å². The molecule has 6 N–H and O–H groups in total. The molecule has 9 nitrogen and oxygen atoms in total. The van der Waals surface area contributed by atoms with Crippen molar-refractivity contribution in [1.82, 2.24) is 20.2 Å². The molecule has 2 heterocycles. The van der Waals surface area contributed by atoms with Crippen molar-refractivity contribution in [2.45, 2.75) is 70.9 Å². The van der Waals surface area contributed by atoms with Crippen LogP contribution in [0.5, 0.6) is 11.5 Å². The van der Waals surface area contributed by atoms with Gasteiger partial charge < -0.3 is 26.4 Å². The second-order valence-corrected chi connectivity index (χ2v) is 10.4. The zero-order chi connectivity index (χ0) is 24.3. The quantitative estimate of drug-likeness (QED) is 0.204. The minimum atomic E-state index is -0.247. The van der Waals surface area contributed by atoms with E-state index in [4.69, 9.17) is 15.9 Å². The number of hydrogen-bond acceptors (Lipinski definition) is 6. The Morgan fingerprint density at radius 2 is 2.00 bits per heavy atom. The van der Waals surface area contributed by atoms with E-state index in [0.29, 0.717) is 36.6 Å². The minimum absolute atomic E-state index is 0.0208. The molecule has 1 aromatic carbocycles. The summed E-state index contributed by atoms with van der Waals surface area (Å²) in [6.07, 6.45) is 7.07. The van der Waals surface area contributed by atoms with Gasteiger partial charge in [0, 0.05) is 19.1 Å². The van der Waals surface area contributed by atoms with Crippen LogP contribution in [-0.4, -0.2) is 34.6 Å². The Bertz CT molecular complexity index is 1080.